The van der Waals surface area contributed by atoms with Crippen molar-refractivity contribution in [1.82, 2.24) is 5.32 Å². The van der Waals surface area contributed by atoms with Crippen LogP contribution in [0.5, 0.6) is 5.75 Å². The number of benzene rings is 1. The molecular formula is C16H26N2O2. The van der Waals surface area contributed by atoms with Gasteiger partial charge >= 0.3 is 0 Å². The third-order valence-electron chi connectivity index (χ3n) is 3.14. The maximum atomic E-state index is 11.3. The molecular weight excluding hydrogens is 252 g/mol. The van der Waals surface area contributed by atoms with E-state index in [2.05, 4.69) is 38.2 Å². The third kappa shape index (κ3) is 4.53. The van der Waals surface area contributed by atoms with Gasteiger partial charge in [-0.2, -0.15) is 0 Å². The van der Waals surface area contributed by atoms with E-state index in [0.29, 0.717) is 6.54 Å². The number of carbonyl (C=O) groups excluding carboxylic acids is 1. The molecule has 112 valence electrons. The molecule has 0 aliphatic heterocycles. The third-order valence-corrected chi connectivity index (χ3v) is 3.14. The number of carbonyl (C=O) groups is 1. The highest BCUT2D eigenvalue weighted by atomic mass is 16.5. The van der Waals surface area contributed by atoms with Crippen LogP contribution in [0.4, 0.5) is 0 Å². The first-order valence-corrected chi connectivity index (χ1v) is 7.02. The standard InChI is InChI=1S/C16H26N2O2/c1-6-18-13(15(17)19)10-20-14-9-11(2)7-8-12(14)16(3,4)5/h7-9,13,18H,6,10H2,1-5H3,(H2,17,19). The molecule has 0 aromatic heterocycles. The molecule has 1 aromatic rings. The smallest absolute Gasteiger partial charge is 0.238 e. The number of hydrogen-bond acceptors (Lipinski definition) is 3. The van der Waals surface area contributed by atoms with Gasteiger partial charge in [0.1, 0.15) is 18.4 Å². The van der Waals surface area contributed by atoms with Crippen LogP contribution in [0.15, 0.2) is 18.2 Å². The monoisotopic (exact) mass is 278 g/mol. The molecule has 0 aliphatic rings. The predicted octanol–water partition coefficient (Wildman–Crippen LogP) is 2.13. The molecule has 0 saturated carbocycles. The molecule has 3 N–H and O–H groups in total. The van der Waals surface area contributed by atoms with E-state index in [1.807, 2.05) is 19.9 Å². The van der Waals surface area contributed by atoms with Gasteiger partial charge < -0.3 is 15.8 Å². The Labute approximate surface area is 121 Å². The Bertz CT molecular complexity index is 464. The molecule has 4 nitrogen and oxygen atoms in total. The summed E-state index contributed by atoms with van der Waals surface area (Å²) in [6.45, 7) is 11.3. The SMILES string of the molecule is CCNC(COc1cc(C)ccc1C(C)(C)C)C(N)=O. The Morgan fingerprint density at radius 2 is 2.05 bits per heavy atom. The first-order valence-electron chi connectivity index (χ1n) is 7.02. The highest BCUT2D eigenvalue weighted by Gasteiger charge is 2.21. The summed E-state index contributed by atoms with van der Waals surface area (Å²) in [4.78, 5) is 11.3. The Hall–Kier alpha value is -1.55. The summed E-state index contributed by atoms with van der Waals surface area (Å²) in [5, 5.41) is 3.03. The Morgan fingerprint density at radius 1 is 1.40 bits per heavy atom. The normalized spacial score (nSPS) is 13.1. The molecule has 0 bridgehead atoms. The predicted molar refractivity (Wildman–Crippen MR) is 82.0 cm³/mol. The number of likely N-dealkylation sites (N-methyl/N-ethyl adjacent to an activating group) is 1. The maximum absolute atomic E-state index is 11.3. The van der Waals surface area contributed by atoms with Gasteiger partial charge in [0.05, 0.1) is 0 Å². The maximum Gasteiger partial charge on any atom is 0.238 e. The number of rotatable bonds is 6. The van der Waals surface area contributed by atoms with Crippen molar-refractivity contribution in [2.75, 3.05) is 13.2 Å². The number of aryl methyl sites for hydroxylation is 1. The largest absolute Gasteiger partial charge is 0.491 e. The van der Waals surface area contributed by atoms with E-state index in [9.17, 15) is 4.79 Å². The van der Waals surface area contributed by atoms with Crippen LogP contribution in [0.3, 0.4) is 0 Å². The summed E-state index contributed by atoms with van der Waals surface area (Å²) in [5.74, 6) is 0.429. The number of nitrogens with two attached hydrogens (primary N) is 1. The molecule has 1 atom stereocenters. The van der Waals surface area contributed by atoms with Crippen molar-refractivity contribution >= 4 is 5.91 Å². The van der Waals surface area contributed by atoms with Gasteiger partial charge in [0.15, 0.2) is 0 Å². The van der Waals surface area contributed by atoms with Crippen molar-refractivity contribution in [3.63, 3.8) is 0 Å². The van der Waals surface area contributed by atoms with Crippen LogP contribution in [0.2, 0.25) is 0 Å². The van der Waals surface area contributed by atoms with Crippen molar-refractivity contribution in [3.8, 4) is 5.75 Å². The van der Waals surface area contributed by atoms with Gasteiger partial charge in [-0.1, -0.05) is 39.8 Å². The van der Waals surface area contributed by atoms with Crippen molar-refractivity contribution < 1.29 is 9.53 Å². The Kier molecular flexibility index (Phi) is 5.57. The van der Waals surface area contributed by atoms with Crippen LogP contribution in [-0.4, -0.2) is 25.1 Å². The molecule has 0 spiro atoms. The molecule has 1 aromatic carbocycles. The van der Waals surface area contributed by atoms with E-state index in [1.54, 1.807) is 0 Å². The second kappa shape index (κ2) is 6.75. The van der Waals surface area contributed by atoms with Crippen LogP contribution < -0.4 is 15.8 Å². The summed E-state index contributed by atoms with van der Waals surface area (Å²) < 4.78 is 5.86. The fourth-order valence-corrected chi connectivity index (χ4v) is 2.03. The van der Waals surface area contributed by atoms with Crippen LogP contribution in [0.1, 0.15) is 38.8 Å². The molecule has 0 aliphatic carbocycles. The molecule has 0 radical (unpaired) electrons. The first kappa shape index (κ1) is 16.5. The van der Waals surface area contributed by atoms with Crippen molar-refractivity contribution in [1.29, 1.82) is 0 Å². The van der Waals surface area contributed by atoms with E-state index in [4.69, 9.17) is 10.5 Å². The Morgan fingerprint density at radius 3 is 2.55 bits per heavy atom. The van der Waals surface area contributed by atoms with Crippen LogP contribution in [-0.2, 0) is 10.2 Å². The second-order valence-electron chi connectivity index (χ2n) is 6.07. The zero-order valence-corrected chi connectivity index (χ0v) is 13.1. The molecule has 0 fully saturated rings. The van der Waals surface area contributed by atoms with E-state index >= 15 is 0 Å². The fraction of sp³-hybridized carbons (Fsp3) is 0.562. The van der Waals surface area contributed by atoms with Gasteiger partial charge in [-0.25, -0.2) is 0 Å². The quantitative estimate of drug-likeness (QED) is 0.838. The molecule has 0 heterocycles. The molecule has 1 rings (SSSR count). The molecule has 0 saturated heterocycles. The Balaban J connectivity index is 2.91. The van der Waals surface area contributed by atoms with Crippen molar-refractivity contribution in [3.05, 3.63) is 29.3 Å². The summed E-state index contributed by atoms with van der Waals surface area (Å²) in [6, 6.07) is 5.69. The topological polar surface area (TPSA) is 64.3 Å². The van der Waals surface area contributed by atoms with Gasteiger partial charge in [0, 0.05) is 0 Å². The van der Waals surface area contributed by atoms with Crippen LogP contribution in [0.25, 0.3) is 0 Å². The van der Waals surface area contributed by atoms with E-state index in [0.717, 1.165) is 16.9 Å². The van der Waals surface area contributed by atoms with Crippen molar-refractivity contribution in [2.45, 2.75) is 46.1 Å². The minimum Gasteiger partial charge on any atom is -0.491 e. The second-order valence-corrected chi connectivity index (χ2v) is 6.07. The van der Waals surface area contributed by atoms with Crippen LogP contribution in [0, 0.1) is 6.92 Å². The molecule has 20 heavy (non-hydrogen) atoms. The summed E-state index contributed by atoms with van der Waals surface area (Å²) >= 11 is 0. The lowest BCUT2D eigenvalue weighted by Crippen LogP contribution is -2.45. The minimum absolute atomic E-state index is 0.0105. The average Bonchev–Trinajstić information content (AvgIpc) is 2.32. The highest BCUT2D eigenvalue weighted by molar-refractivity contribution is 5.80. The lowest BCUT2D eigenvalue weighted by atomic mass is 9.86. The van der Waals surface area contributed by atoms with E-state index < -0.39 is 11.9 Å². The summed E-state index contributed by atoms with van der Waals surface area (Å²) in [5.41, 5.74) is 7.61. The fourth-order valence-electron chi connectivity index (χ4n) is 2.03. The van der Waals surface area contributed by atoms with Gasteiger partial charge in [0.2, 0.25) is 5.91 Å². The van der Waals surface area contributed by atoms with Crippen LogP contribution >= 0.6 is 0 Å². The zero-order valence-electron chi connectivity index (χ0n) is 13.1. The summed E-state index contributed by atoms with van der Waals surface area (Å²) in [6.07, 6.45) is 0. The number of amides is 1. The lowest BCUT2D eigenvalue weighted by Gasteiger charge is -2.24. The van der Waals surface area contributed by atoms with Gasteiger partial charge in [0.25, 0.3) is 0 Å². The molecule has 1 amide bonds. The highest BCUT2D eigenvalue weighted by Crippen LogP contribution is 2.32. The minimum atomic E-state index is -0.465. The number of nitrogens with one attached hydrogen (secondary N) is 1. The lowest BCUT2D eigenvalue weighted by molar-refractivity contribution is -0.120. The number of primary amides is 1. The molecule has 1 unspecified atom stereocenters. The summed E-state index contributed by atoms with van der Waals surface area (Å²) in [7, 11) is 0. The van der Waals surface area contributed by atoms with Crippen molar-refractivity contribution in [2.24, 2.45) is 5.73 Å². The number of ether oxygens (including phenoxy) is 1. The number of hydrogen-bond donors (Lipinski definition) is 2. The van der Waals surface area contributed by atoms with Gasteiger partial charge in [-0.15, -0.1) is 0 Å². The van der Waals surface area contributed by atoms with Gasteiger partial charge in [-0.3, -0.25) is 4.79 Å². The van der Waals surface area contributed by atoms with Gasteiger partial charge in [-0.05, 0) is 36.1 Å². The van der Waals surface area contributed by atoms with E-state index in [1.165, 1.54) is 0 Å². The first-order chi connectivity index (χ1) is 9.25. The van der Waals surface area contributed by atoms with E-state index in [-0.39, 0.29) is 12.0 Å². The zero-order chi connectivity index (χ0) is 15.3. The average molecular weight is 278 g/mol. The molecule has 4 heteroatoms.